The van der Waals surface area contributed by atoms with Gasteiger partial charge in [0.15, 0.2) is 0 Å². The van der Waals surface area contributed by atoms with Crippen LogP contribution in [-0.4, -0.2) is 67.6 Å². The number of hydrogen-bond acceptors (Lipinski definition) is 6. The van der Waals surface area contributed by atoms with Gasteiger partial charge >= 0.3 is 0 Å². The molecule has 2 aromatic rings. The molecule has 0 saturated carbocycles. The highest BCUT2D eigenvalue weighted by atomic mass is 16.5. The monoisotopic (exact) mass is 479 g/mol. The SMILES string of the molecule is CCCCOc1ccc(/C([O-])=C2\C(=O)C(=O)N(CCC[NH+]3CCOCC3)C2c2cccnc2)cc1. The molecule has 1 aromatic heterocycles. The summed E-state index contributed by atoms with van der Waals surface area (Å²) in [6.07, 6.45) is 5.97. The van der Waals surface area contributed by atoms with E-state index in [1.165, 1.54) is 9.80 Å². The molecule has 0 radical (unpaired) electrons. The summed E-state index contributed by atoms with van der Waals surface area (Å²) in [6, 6.07) is 9.58. The molecule has 1 N–H and O–H groups in total. The standard InChI is InChI=1S/C27H33N3O5/c1-2-3-16-35-22-9-7-20(8-10-22)25(31)23-24(21-6-4-11-28-19-21)30(27(33)26(23)32)13-5-12-29-14-17-34-18-15-29/h4,6-11,19,24,31H,2-3,5,12-18H2,1H3/b25-23+. The van der Waals surface area contributed by atoms with E-state index in [-0.39, 0.29) is 5.57 Å². The molecule has 35 heavy (non-hydrogen) atoms. The van der Waals surface area contributed by atoms with Gasteiger partial charge in [0.2, 0.25) is 5.78 Å². The average molecular weight is 480 g/mol. The number of carbonyl (C=O) groups is 2. The molecular formula is C27H33N3O5. The van der Waals surface area contributed by atoms with Gasteiger partial charge in [0, 0.05) is 30.9 Å². The van der Waals surface area contributed by atoms with Crippen LogP contribution in [0.1, 0.15) is 43.4 Å². The third-order valence-corrected chi connectivity index (χ3v) is 6.54. The Morgan fingerprint density at radius 2 is 1.94 bits per heavy atom. The number of carbonyl (C=O) groups excluding carboxylic acids is 2. The number of morpholine rings is 1. The van der Waals surface area contributed by atoms with E-state index >= 15 is 0 Å². The van der Waals surface area contributed by atoms with Gasteiger partial charge in [-0.1, -0.05) is 37.3 Å². The lowest BCUT2D eigenvalue weighted by atomic mass is 9.96. The van der Waals surface area contributed by atoms with E-state index in [9.17, 15) is 14.7 Å². The van der Waals surface area contributed by atoms with Crippen LogP contribution in [0.3, 0.4) is 0 Å². The first-order valence-electron chi connectivity index (χ1n) is 12.4. The molecule has 0 spiro atoms. The number of benzene rings is 1. The fourth-order valence-corrected chi connectivity index (χ4v) is 4.59. The lowest BCUT2D eigenvalue weighted by molar-refractivity contribution is -0.908. The summed E-state index contributed by atoms with van der Waals surface area (Å²) >= 11 is 0. The van der Waals surface area contributed by atoms with Crippen LogP contribution in [0.4, 0.5) is 0 Å². The minimum absolute atomic E-state index is 0.0126. The summed E-state index contributed by atoms with van der Waals surface area (Å²) in [7, 11) is 0. The third-order valence-electron chi connectivity index (χ3n) is 6.54. The molecule has 1 unspecified atom stereocenters. The molecule has 8 heteroatoms. The van der Waals surface area contributed by atoms with Crippen molar-refractivity contribution in [2.24, 2.45) is 0 Å². The molecule has 1 amide bonds. The van der Waals surface area contributed by atoms with Crippen molar-refractivity contribution in [2.45, 2.75) is 32.2 Å². The Morgan fingerprint density at radius 1 is 1.17 bits per heavy atom. The molecule has 2 fully saturated rings. The number of quaternary nitrogens is 1. The molecule has 1 aromatic carbocycles. The summed E-state index contributed by atoms with van der Waals surface area (Å²) in [5, 5.41) is 13.5. The van der Waals surface area contributed by atoms with E-state index in [2.05, 4.69) is 11.9 Å². The highest BCUT2D eigenvalue weighted by Crippen LogP contribution is 2.38. The molecule has 2 aliphatic rings. The predicted octanol–water partition coefficient (Wildman–Crippen LogP) is 0.790. The van der Waals surface area contributed by atoms with Crippen molar-refractivity contribution in [1.29, 1.82) is 0 Å². The number of amides is 1. The topological polar surface area (TPSA) is 96.2 Å². The Morgan fingerprint density at radius 3 is 2.63 bits per heavy atom. The third kappa shape index (κ3) is 5.89. The molecule has 2 saturated heterocycles. The van der Waals surface area contributed by atoms with Crippen molar-refractivity contribution < 1.29 is 29.1 Å². The Labute approximate surface area is 206 Å². The molecule has 1 atom stereocenters. The summed E-state index contributed by atoms with van der Waals surface area (Å²) in [5.41, 5.74) is 1.01. The molecule has 4 rings (SSSR count). The van der Waals surface area contributed by atoms with Crippen molar-refractivity contribution in [1.82, 2.24) is 9.88 Å². The van der Waals surface area contributed by atoms with Crippen molar-refractivity contribution >= 4 is 17.4 Å². The van der Waals surface area contributed by atoms with Crippen LogP contribution < -0.4 is 14.7 Å². The van der Waals surface area contributed by atoms with Crippen LogP contribution in [0.25, 0.3) is 5.76 Å². The van der Waals surface area contributed by atoms with E-state index in [0.717, 1.165) is 52.1 Å². The molecule has 3 heterocycles. The van der Waals surface area contributed by atoms with Crippen molar-refractivity contribution in [3.63, 3.8) is 0 Å². The molecule has 0 aliphatic carbocycles. The maximum Gasteiger partial charge on any atom is 0.295 e. The van der Waals surface area contributed by atoms with E-state index in [1.54, 1.807) is 42.7 Å². The summed E-state index contributed by atoms with van der Waals surface area (Å²) < 4.78 is 11.1. The number of ketones is 1. The van der Waals surface area contributed by atoms with Gasteiger partial charge in [-0.2, -0.15) is 0 Å². The summed E-state index contributed by atoms with van der Waals surface area (Å²) in [6.45, 7) is 7.33. The Balaban J connectivity index is 1.58. The van der Waals surface area contributed by atoms with Gasteiger partial charge in [-0.15, -0.1) is 0 Å². The molecule has 2 aliphatic heterocycles. The maximum absolute atomic E-state index is 13.5. The first-order chi connectivity index (χ1) is 17.1. The lowest BCUT2D eigenvalue weighted by Gasteiger charge is -2.28. The van der Waals surface area contributed by atoms with Gasteiger partial charge in [0.25, 0.3) is 5.91 Å². The number of aromatic nitrogens is 1. The van der Waals surface area contributed by atoms with Crippen LogP contribution in [0.5, 0.6) is 5.75 Å². The number of ether oxygens (including phenoxy) is 2. The quantitative estimate of drug-likeness (QED) is 0.234. The number of unbranched alkanes of at least 4 members (excludes halogenated alkanes) is 1. The molecule has 186 valence electrons. The molecular weight excluding hydrogens is 446 g/mol. The smallest absolute Gasteiger partial charge is 0.295 e. The predicted molar refractivity (Wildman–Crippen MR) is 128 cm³/mol. The molecule has 8 nitrogen and oxygen atoms in total. The minimum atomic E-state index is -0.739. The first-order valence-corrected chi connectivity index (χ1v) is 12.4. The number of nitrogens with one attached hydrogen (secondary N) is 1. The minimum Gasteiger partial charge on any atom is -0.872 e. The van der Waals surface area contributed by atoms with Crippen LogP contribution in [0.15, 0.2) is 54.4 Å². The van der Waals surface area contributed by atoms with Crippen LogP contribution in [-0.2, 0) is 14.3 Å². The van der Waals surface area contributed by atoms with Gasteiger partial charge in [0.1, 0.15) is 18.8 Å². The normalized spacial score (nSPS) is 20.4. The fourth-order valence-electron chi connectivity index (χ4n) is 4.59. The van der Waals surface area contributed by atoms with E-state index in [4.69, 9.17) is 9.47 Å². The maximum atomic E-state index is 13.5. The zero-order valence-electron chi connectivity index (χ0n) is 20.2. The second kappa shape index (κ2) is 12.0. The highest BCUT2D eigenvalue weighted by Gasteiger charge is 2.44. The Bertz CT molecular complexity index is 1030. The van der Waals surface area contributed by atoms with Gasteiger partial charge in [0.05, 0.1) is 32.4 Å². The summed E-state index contributed by atoms with van der Waals surface area (Å²) in [5.74, 6) is -1.12. The van der Waals surface area contributed by atoms with Gasteiger partial charge in [-0.25, -0.2) is 0 Å². The zero-order chi connectivity index (χ0) is 24.6. The van der Waals surface area contributed by atoms with E-state index < -0.39 is 23.5 Å². The number of hydrogen-bond donors (Lipinski definition) is 1. The Hall–Kier alpha value is -3.23. The summed E-state index contributed by atoms with van der Waals surface area (Å²) in [4.78, 5) is 33.3. The second-order valence-corrected chi connectivity index (χ2v) is 8.95. The van der Waals surface area contributed by atoms with Crippen molar-refractivity contribution in [2.75, 3.05) is 46.0 Å². The number of pyridine rings is 1. The average Bonchev–Trinajstić information content (AvgIpc) is 3.15. The zero-order valence-corrected chi connectivity index (χ0v) is 20.2. The van der Waals surface area contributed by atoms with Crippen LogP contribution in [0, 0.1) is 0 Å². The van der Waals surface area contributed by atoms with Crippen LogP contribution in [0.2, 0.25) is 0 Å². The van der Waals surface area contributed by atoms with Gasteiger partial charge in [-0.3, -0.25) is 14.6 Å². The second-order valence-electron chi connectivity index (χ2n) is 8.95. The number of Topliss-reactive ketones (excluding diaryl/α,β-unsaturated/α-hetero) is 1. The Kier molecular flexibility index (Phi) is 8.50. The van der Waals surface area contributed by atoms with Crippen molar-refractivity contribution in [3.8, 4) is 5.75 Å². The number of likely N-dealkylation sites (tertiary alicyclic amines) is 1. The largest absolute Gasteiger partial charge is 0.872 e. The highest BCUT2D eigenvalue weighted by molar-refractivity contribution is 6.46. The molecule has 0 bridgehead atoms. The van der Waals surface area contributed by atoms with Gasteiger partial charge in [-0.05, 0) is 35.7 Å². The van der Waals surface area contributed by atoms with Crippen molar-refractivity contribution in [3.05, 3.63) is 65.5 Å². The fraction of sp³-hybridized carbons (Fsp3) is 0.444. The van der Waals surface area contributed by atoms with Crippen LogP contribution >= 0.6 is 0 Å². The number of nitrogens with zero attached hydrogens (tertiary/aromatic N) is 2. The van der Waals surface area contributed by atoms with E-state index in [0.29, 0.717) is 30.0 Å². The van der Waals surface area contributed by atoms with E-state index in [1.807, 2.05) is 6.07 Å². The van der Waals surface area contributed by atoms with Gasteiger partial charge < -0.3 is 24.4 Å². The first kappa shape index (κ1) is 24.9. The number of rotatable bonds is 10. The lowest BCUT2D eigenvalue weighted by Crippen LogP contribution is -3.14.